The molecule has 8 heavy (non-hydrogen) atoms. The van der Waals surface area contributed by atoms with Crippen molar-refractivity contribution in [1.82, 2.24) is 0 Å². The van der Waals surface area contributed by atoms with Crippen LogP contribution in [0.3, 0.4) is 0 Å². The molecule has 0 fully saturated rings. The van der Waals surface area contributed by atoms with Crippen LogP contribution in [0.15, 0.2) is 0 Å². The zero-order valence-corrected chi connectivity index (χ0v) is 8.13. The van der Waals surface area contributed by atoms with E-state index in [-0.39, 0.29) is 0 Å². The summed E-state index contributed by atoms with van der Waals surface area (Å²) in [5.74, 6) is 0. The summed E-state index contributed by atoms with van der Waals surface area (Å²) < 4.78 is 0. The highest BCUT2D eigenvalue weighted by Gasteiger charge is 1.98. The van der Waals surface area contributed by atoms with E-state index < -0.39 is 0 Å². The highest BCUT2D eigenvalue weighted by molar-refractivity contribution is 9.09. The van der Waals surface area contributed by atoms with Crippen molar-refractivity contribution in [2.45, 2.75) is 13.8 Å². The lowest BCUT2D eigenvalue weighted by Crippen LogP contribution is -1.89. The van der Waals surface area contributed by atoms with Gasteiger partial charge in [-0.1, -0.05) is 29.8 Å². The minimum Gasteiger partial charge on any atom is -0.106 e. The fraction of sp³-hybridized carbons (Fsp3) is 1.00. The van der Waals surface area contributed by atoms with Crippen molar-refractivity contribution in [2.24, 2.45) is 0 Å². The number of alkyl halides is 1. The van der Waals surface area contributed by atoms with Gasteiger partial charge in [0, 0.05) is 5.33 Å². The zero-order chi connectivity index (χ0) is 6.41. The van der Waals surface area contributed by atoms with E-state index in [2.05, 4.69) is 29.8 Å². The number of rotatable bonds is 4. The summed E-state index contributed by atoms with van der Waals surface area (Å²) in [6.45, 7) is 4.58. The lowest BCUT2D eigenvalue weighted by Gasteiger charge is -2.09. The van der Waals surface area contributed by atoms with Gasteiger partial charge in [0.25, 0.3) is 0 Å². The van der Waals surface area contributed by atoms with Gasteiger partial charge in [-0.05, 0) is 18.5 Å². The van der Waals surface area contributed by atoms with Crippen LogP contribution in [-0.4, -0.2) is 23.8 Å². The summed E-state index contributed by atoms with van der Waals surface area (Å²) in [5.41, 5.74) is 0. The smallest absolute Gasteiger partial charge is 0.00706 e. The third kappa shape index (κ3) is 3.86. The molecule has 0 aromatic carbocycles. The molecule has 0 aromatic rings. The molecule has 0 unspecified atom stereocenters. The summed E-state index contributed by atoms with van der Waals surface area (Å²) in [5, 5.41) is 1.19. The fourth-order valence-electron chi connectivity index (χ4n) is 0.659. The van der Waals surface area contributed by atoms with Gasteiger partial charge < -0.3 is 0 Å². The molecule has 2 heteroatoms. The Hall–Kier alpha value is 0.910. The van der Waals surface area contributed by atoms with Crippen molar-refractivity contribution in [3.63, 3.8) is 0 Å². The SMILES string of the molecule is CCP(CC)CCBr. The molecular weight excluding hydrogens is 183 g/mol. The standard InChI is InChI=1S/C6H14BrP/c1-3-8(4-2)6-5-7/h3-6H2,1-2H3. The minimum atomic E-state index is 0.397. The second-order valence-electron chi connectivity index (χ2n) is 1.72. The molecule has 0 N–H and O–H groups in total. The summed E-state index contributed by atoms with van der Waals surface area (Å²) in [6, 6.07) is 0. The van der Waals surface area contributed by atoms with E-state index in [9.17, 15) is 0 Å². The van der Waals surface area contributed by atoms with Gasteiger partial charge in [-0.3, -0.25) is 0 Å². The molecule has 0 amide bonds. The zero-order valence-electron chi connectivity index (χ0n) is 5.65. The highest BCUT2D eigenvalue weighted by Crippen LogP contribution is 2.33. The van der Waals surface area contributed by atoms with Gasteiger partial charge in [0.2, 0.25) is 0 Å². The minimum absolute atomic E-state index is 0.397. The number of hydrogen-bond acceptors (Lipinski definition) is 0. The molecule has 0 nitrogen and oxygen atoms in total. The highest BCUT2D eigenvalue weighted by atomic mass is 79.9. The fourth-order valence-corrected chi connectivity index (χ4v) is 3.48. The van der Waals surface area contributed by atoms with E-state index in [1.165, 1.54) is 23.8 Å². The maximum absolute atomic E-state index is 3.45. The topological polar surface area (TPSA) is 0 Å². The molecule has 0 atom stereocenters. The van der Waals surface area contributed by atoms with E-state index >= 15 is 0 Å². The van der Waals surface area contributed by atoms with Crippen LogP contribution in [0.25, 0.3) is 0 Å². The summed E-state index contributed by atoms with van der Waals surface area (Å²) in [4.78, 5) is 0. The van der Waals surface area contributed by atoms with Crippen LogP contribution in [0.1, 0.15) is 13.8 Å². The van der Waals surface area contributed by atoms with Crippen molar-refractivity contribution < 1.29 is 0 Å². The third-order valence-electron chi connectivity index (χ3n) is 1.30. The van der Waals surface area contributed by atoms with Crippen LogP contribution in [0.2, 0.25) is 0 Å². The molecule has 0 spiro atoms. The van der Waals surface area contributed by atoms with Crippen LogP contribution >= 0.6 is 23.9 Å². The quantitative estimate of drug-likeness (QED) is 0.480. The van der Waals surface area contributed by atoms with Gasteiger partial charge in [0.05, 0.1) is 0 Å². The van der Waals surface area contributed by atoms with E-state index in [1.807, 2.05) is 0 Å². The maximum Gasteiger partial charge on any atom is 0.00706 e. The molecule has 0 saturated heterocycles. The third-order valence-corrected chi connectivity index (χ3v) is 4.95. The van der Waals surface area contributed by atoms with Gasteiger partial charge in [-0.15, -0.1) is 7.92 Å². The molecule has 0 aromatic heterocycles. The molecule has 0 saturated carbocycles. The number of halogens is 1. The van der Waals surface area contributed by atoms with Gasteiger partial charge in [0.1, 0.15) is 0 Å². The van der Waals surface area contributed by atoms with E-state index in [0.29, 0.717) is 7.92 Å². The molecular formula is C6H14BrP. The average molecular weight is 197 g/mol. The first-order valence-electron chi connectivity index (χ1n) is 3.13. The summed E-state index contributed by atoms with van der Waals surface area (Å²) in [7, 11) is 0.397. The molecule has 0 rings (SSSR count). The Labute approximate surface area is 61.9 Å². The van der Waals surface area contributed by atoms with Crippen LogP contribution < -0.4 is 0 Å². The molecule has 0 aliphatic carbocycles. The van der Waals surface area contributed by atoms with Crippen LogP contribution in [0, 0.1) is 0 Å². The molecule has 0 bridgehead atoms. The predicted octanol–water partition coefficient (Wildman–Crippen LogP) is 2.90. The van der Waals surface area contributed by atoms with E-state index in [1.54, 1.807) is 0 Å². The largest absolute Gasteiger partial charge is 0.106 e. The van der Waals surface area contributed by atoms with Crippen LogP contribution in [0.5, 0.6) is 0 Å². The first-order chi connectivity index (χ1) is 3.85. The summed E-state index contributed by atoms with van der Waals surface area (Å²) >= 11 is 3.45. The van der Waals surface area contributed by atoms with Gasteiger partial charge in [-0.2, -0.15) is 0 Å². The second-order valence-corrected chi connectivity index (χ2v) is 5.56. The Balaban J connectivity index is 3.07. The monoisotopic (exact) mass is 196 g/mol. The second kappa shape index (κ2) is 6.04. The van der Waals surface area contributed by atoms with Gasteiger partial charge in [0.15, 0.2) is 0 Å². The van der Waals surface area contributed by atoms with Crippen LogP contribution in [-0.2, 0) is 0 Å². The first-order valence-corrected chi connectivity index (χ1v) is 6.15. The number of hydrogen-bond donors (Lipinski definition) is 0. The van der Waals surface area contributed by atoms with Crippen LogP contribution in [0.4, 0.5) is 0 Å². The molecule has 0 radical (unpaired) electrons. The maximum atomic E-state index is 3.45. The summed E-state index contributed by atoms with van der Waals surface area (Å²) in [6.07, 6.45) is 4.21. The van der Waals surface area contributed by atoms with Crippen molar-refractivity contribution in [3.05, 3.63) is 0 Å². The first kappa shape index (κ1) is 8.91. The Morgan fingerprint density at radius 1 is 1.25 bits per heavy atom. The molecule has 0 heterocycles. The Bertz CT molecular complexity index is 43.8. The van der Waals surface area contributed by atoms with Crippen molar-refractivity contribution >= 4 is 23.9 Å². The normalized spacial score (nSPS) is 10.5. The molecule has 0 aliphatic rings. The Morgan fingerprint density at radius 3 is 1.88 bits per heavy atom. The van der Waals surface area contributed by atoms with Crippen molar-refractivity contribution in [2.75, 3.05) is 23.8 Å². The van der Waals surface area contributed by atoms with Crippen molar-refractivity contribution in [3.8, 4) is 0 Å². The lowest BCUT2D eigenvalue weighted by atomic mass is 10.9. The average Bonchev–Trinajstić information content (AvgIpc) is 1.83. The van der Waals surface area contributed by atoms with Gasteiger partial charge >= 0.3 is 0 Å². The Kier molecular flexibility index (Phi) is 6.72. The lowest BCUT2D eigenvalue weighted by molar-refractivity contribution is 1.36. The van der Waals surface area contributed by atoms with E-state index in [0.717, 1.165) is 0 Å². The molecule has 0 aliphatic heterocycles. The van der Waals surface area contributed by atoms with E-state index in [4.69, 9.17) is 0 Å². The molecule has 50 valence electrons. The Morgan fingerprint density at radius 2 is 1.75 bits per heavy atom. The van der Waals surface area contributed by atoms with Gasteiger partial charge in [-0.25, -0.2) is 0 Å². The van der Waals surface area contributed by atoms with Crippen molar-refractivity contribution in [1.29, 1.82) is 0 Å². The predicted molar refractivity (Wildman–Crippen MR) is 46.7 cm³/mol.